The number of carbonyl (C=O) groups is 1. The lowest BCUT2D eigenvalue weighted by molar-refractivity contribution is 0.0170. The first-order valence-corrected chi connectivity index (χ1v) is 9.46. The quantitative estimate of drug-likeness (QED) is 0.505. The number of hydrogen-bond acceptors (Lipinski definition) is 7. The van der Waals surface area contributed by atoms with Gasteiger partial charge in [0, 0.05) is 31.2 Å². The highest BCUT2D eigenvalue weighted by Crippen LogP contribution is 2.25. The van der Waals surface area contributed by atoms with E-state index >= 15 is 0 Å². The van der Waals surface area contributed by atoms with Crippen LogP contribution >= 0.6 is 0 Å². The molecule has 1 aliphatic rings. The summed E-state index contributed by atoms with van der Waals surface area (Å²) in [5.41, 5.74) is 2.16. The molecule has 0 spiro atoms. The Labute approximate surface area is 171 Å². The van der Waals surface area contributed by atoms with Gasteiger partial charge >= 0.3 is 0 Å². The first kappa shape index (κ1) is 18.0. The Morgan fingerprint density at radius 1 is 1.10 bits per heavy atom. The number of amides is 1. The first-order chi connectivity index (χ1) is 14.7. The highest BCUT2D eigenvalue weighted by atomic mass is 16.5. The van der Waals surface area contributed by atoms with Crippen LogP contribution in [-0.4, -0.2) is 54.9 Å². The fourth-order valence-corrected chi connectivity index (χ4v) is 3.25. The fourth-order valence-electron chi connectivity index (χ4n) is 3.25. The predicted molar refractivity (Wildman–Crippen MR) is 106 cm³/mol. The topological polar surface area (TPSA) is 99.2 Å². The number of hydrogen-bond donors (Lipinski definition) is 0. The summed E-state index contributed by atoms with van der Waals surface area (Å²) in [6.45, 7) is 1.09. The van der Waals surface area contributed by atoms with E-state index in [4.69, 9.17) is 9.26 Å². The maximum absolute atomic E-state index is 12.4. The summed E-state index contributed by atoms with van der Waals surface area (Å²) in [4.78, 5) is 22.6. The van der Waals surface area contributed by atoms with E-state index in [1.165, 1.54) is 0 Å². The van der Waals surface area contributed by atoms with Gasteiger partial charge in [0.2, 0.25) is 5.82 Å². The molecule has 1 fully saturated rings. The van der Waals surface area contributed by atoms with Gasteiger partial charge in [0.15, 0.2) is 0 Å². The van der Waals surface area contributed by atoms with Crippen molar-refractivity contribution in [3.05, 3.63) is 66.7 Å². The minimum Gasteiger partial charge on any atom is -0.487 e. The van der Waals surface area contributed by atoms with E-state index < -0.39 is 0 Å². The summed E-state index contributed by atoms with van der Waals surface area (Å²) in [5.74, 6) is 1.61. The summed E-state index contributed by atoms with van der Waals surface area (Å²) in [6, 6.07) is 12.9. The van der Waals surface area contributed by atoms with Gasteiger partial charge in [0.25, 0.3) is 11.8 Å². The number of aryl methyl sites for hydroxylation is 1. The molecule has 0 atom stereocenters. The number of carbonyl (C=O) groups excluding carboxylic acids is 1. The number of ether oxygens (including phenoxy) is 1. The third-order valence-electron chi connectivity index (χ3n) is 4.93. The van der Waals surface area contributed by atoms with Gasteiger partial charge in [-0.05, 0) is 42.5 Å². The van der Waals surface area contributed by atoms with Crippen LogP contribution in [0.3, 0.4) is 0 Å². The summed E-state index contributed by atoms with van der Waals surface area (Å²) in [5, 5.41) is 8.07. The van der Waals surface area contributed by atoms with E-state index in [-0.39, 0.29) is 12.0 Å². The minimum absolute atomic E-state index is 0.0320. The summed E-state index contributed by atoms with van der Waals surface area (Å²) < 4.78 is 12.9. The van der Waals surface area contributed by atoms with Crippen molar-refractivity contribution in [2.45, 2.75) is 6.10 Å². The molecule has 9 nitrogen and oxygen atoms in total. The summed E-state index contributed by atoms with van der Waals surface area (Å²) in [7, 11) is 1.76. The molecule has 1 saturated heterocycles. The molecule has 1 amide bonds. The largest absolute Gasteiger partial charge is 0.487 e. The number of pyridine rings is 1. The predicted octanol–water partition coefficient (Wildman–Crippen LogP) is 2.44. The fraction of sp³-hybridized carbons (Fsp3) is 0.190. The number of rotatable bonds is 5. The second-order valence-corrected chi connectivity index (χ2v) is 6.98. The Hall–Kier alpha value is -4.01. The number of likely N-dealkylation sites (tertiary alicyclic amines) is 1. The Bertz CT molecular complexity index is 1160. The third-order valence-corrected chi connectivity index (χ3v) is 4.93. The van der Waals surface area contributed by atoms with Gasteiger partial charge in [-0.3, -0.25) is 14.5 Å². The molecule has 4 heterocycles. The zero-order valence-corrected chi connectivity index (χ0v) is 16.2. The van der Waals surface area contributed by atoms with Crippen molar-refractivity contribution in [3.8, 4) is 28.6 Å². The molecular weight excluding hydrogens is 384 g/mol. The molecule has 5 rings (SSSR count). The number of aromatic nitrogens is 5. The van der Waals surface area contributed by atoms with Crippen LogP contribution in [-0.2, 0) is 7.05 Å². The van der Waals surface area contributed by atoms with Crippen molar-refractivity contribution in [3.63, 3.8) is 0 Å². The molecular formula is C21H18N6O3. The molecule has 4 aromatic rings. The molecule has 30 heavy (non-hydrogen) atoms. The van der Waals surface area contributed by atoms with E-state index in [9.17, 15) is 4.79 Å². The lowest BCUT2D eigenvalue weighted by atomic mass is 10.1. The number of benzene rings is 1. The first-order valence-electron chi connectivity index (χ1n) is 9.46. The highest BCUT2D eigenvalue weighted by molar-refractivity contribution is 5.93. The second-order valence-electron chi connectivity index (χ2n) is 6.98. The van der Waals surface area contributed by atoms with Gasteiger partial charge in [0.1, 0.15) is 17.5 Å². The van der Waals surface area contributed by atoms with E-state index in [2.05, 4.69) is 20.2 Å². The minimum atomic E-state index is -0.0354. The van der Waals surface area contributed by atoms with Gasteiger partial charge in [0.05, 0.1) is 18.7 Å². The second kappa shape index (κ2) is 7.43. The average Bonchev–Trinajstić information content (AvgIpc) is 3.40. The SMILES string of the molecule is Cn1nccc1C(=O)N1CC(Oc2ccc(-c3noc(-c4cccnc4)n3)cc2)C1. The van der Waals surface area contributed by atoms with Crippen LogP contribution in [0.1, 0.15) is 10.5 Å². The van der Waals surface area contributed by atoms with Crippen molar-refractivity contribution < 1.29 is 14.1 Å². The normalized spacial score (nSPS) is 13.8. The van der Waals surface area contributed by atoms with Gasteiger partial charge < -0.3 is 14.2 Å². The number of nitrogens with zero attached hydrogens (tertiary/aromatic N) is 6. The van der Waals surface area contributed by atoms with Crippen LogP contribution in [0.2, 0.25) is 0 Å². The summed E-state index contributed by atoms with van der Waals surface area (Å²) >= 11 is 0. The maximum Gasteiger partial charge on any atom is 0.272 e. The van der Waals surface area contributed by atoms with Crippen molar-refractivity contribution in [2.24, 2.45) is 7.05 Å². The lowest BCUT2D eigenvalue weighted by Crippen LogP contribution is -2.56. The van der Waals surface area contributed by atoms with Crippen molar-refractivity contribution in [1.82, 2.24) is 29.8 Å². The average molecular weight is 402 g/mol. The van der Waals surface area contributed by atoms with Gasteiger partial charge in [-0.1, -0.05) is 5.16 Å². The van der Waals surface area contributed by atoms with Crippen LogP contribution in [0.5, 0.6) is 5.75 Å². The third kappa shape index (κ3) is 3.41. The molecule has 0 unspecified atom stereocenters. The molecule has 3 aromatic heterocycles. The molecule has 0 radical (unpaired) electrons. The standard InChI is InChI=1S/C21H18N6O3/c1-26-18(8-10-23-26)21(28)27-12-17(13-27)29-16-6-4-14(5-7-16)19-24-20(30-25-19)15-3-2-9-22-11-15/h2-11,17H,12-13H2,1H3. The van der Waals surface area contributed by atoms with Crippen LogP contribution < -0.4 is 4.74 Å². The Balaban J connectivity index is 1.19. The maximum atomic E-state index is 12.4. The van der Waals surface area contributed by atoms with Crippen LogP contribution in [0.15, 0.2) is 65.6 Å². The molecule has 0 aliphatic carbocycles. The van der Waals surface area contributed by atoms with E-state index in [0.29, 0.717) is 30.5 Å². The van der Waals surface area contributed by atoms with E-state index in [1.807, 2.05) is 36.4 Å². The van der Waals surface area contributed by atoms with E-state index in [0.717, 1.165) is 16.9 Å². The van der Waals surface area contributed by atoms with Crippen molar-refractivity contribution in [2.75, 3.05) is 13.1 Å². The molecule has 0 saturated carbocycles. The monoisotopic (exact) mass is 402 g/mol. The van der Waals surface area contributed by atoms with Crippen LogP contribution in [0, 0.1) is 0 Å². The Morgan fingerprint density at radius 2 is 1.93 bits per heavy atom. The Kier molecular flexibility index (Phi) is 4.47. The molecule has 1 aliphatic heterocycles. The Morgan fingerprint density at radius 3 is 2.63 bits per heavy atom. The van der Waals surface area contributed by atoms with Gasteiger partial charge in [-0.25, -0.2) is 0 Å². The summed E-state index contributed by atoms with van der Waals surface area (Å²) in [6.07, 6.45) is 4.95. The zero-order valence-electron chi connectivity index (χ0n) is 16.2. The molecule has 9 heteroatoms. The highest BCUT2D eigenvalue weighted by Gasteiger charge is 2.33. The smallest absolute Gasteiger partial charge is 0.272 e. The van der Waals surface area contributed by atoms with Crippen molar-refractivity contribution >= 4 is 5.91 Å². The molecule has 0 N–H and O–H groups in total. The van der Waals surface area contributed by atoms with Crippen LogP contribution in [0.4, 0.5) is 0 Å². The molecule has 1 aromatic carbocycles. The van der Waals surface area contributed by atoms with E-state index in [1.54, 1.807) is 41.3 Å². The molecule has 150 valence electrons. The zero-order chi connectivity index (χ0) is 20.5. The van der Waals surface area contributed by atoms with Gasteiger partial charge in [-0.15, -0.1) is 0 Å². The lowest BCUT2D eigenvalue weighted by Gasteiger charge is -2.38. The molecule has 0 bridgehead atoms. The van der Waals surface area contributed by atoms with Crippen LogP contribution in [0.25, 0.3) is 22.8 Å². The van der Waals surface area contributed by atoms with Crippen molar-refractivity contribution in [1.29, 1.82) is 0 Å². The van der Waals surface area contributed by atoms with Gasteiger partial charge in [-0.2, -0.15) is 10.1 Å².